The number of nitrogens with one attached hydrogen (secondary N) is 1. The van der Waals surface area contributed by atoms with Gasteiger partial charge in [0.2, 0.25) is 0 Å². The van der Waals surface area contributed by atoms with Gasteiger partial charge in [0.05, 0.1) is 12.0 Å². The van der Waals surface area contributed by atoms with Crippen LogP contribution in [0.5, 0.6) is 0 Å². The highest BCUT2D eigenvalue weighted by Crippen LogP contribution is 2.37. The molecule has 0 radical (unpaired) electrons. The predicted molar refractivity (Wildman–Crippen MR) is 94.9 cm³/mol. The van der Waals surface area contributed by atoms with Gasteiger partial charge in [-0.2, -0.15) is 18.6 Å². The normalized spacial score (nSPS) is 16.7. The number of amides is 1. The molecule has 1 atom stereocenters. The molecule has 0 saturated carbocycles. The number of aromatic nitrogens is 4. The quantitative estimate of drug-likeness (QED) is 0.587. The Labute approximate surface area is 157 Å². The number of hydrogen-bond donors (Lipinski definition) is 1. The van der Waals surface area contributed by atoms with Crippen molar-refractivity contribution in [2.24, 2.45) is 0 Å². The van der Waals surface area contributed by atoms with Crippen molar-refractivity contribution in [2.75, 3.05) is 6.54 Å². The van der Waals surface area contributed by atoms with E-state index in [4.69, 9.17) is 4.42 Å². The van der Waals surface area contributed by atoms with Crippen molar-refractivity contribution in [3.8, 4) is 0 Å². The van der Waals surface area contributed by atoms with Crippen molar-refractivity contribution in [3.05, 3.63) is 71.8 Å². The standard InChI is InChI=1S/C19H15F2N5O2/c20-19(21)26-13(5-7-24-26)18(27)25-8-6-12-16(23-10-22-12)17(25)15-9-11-3-1-2-4-14(11)28-15/h1-5,7,9-10,17,19H,6,8H2,(H,22,23)/t17-/m1/s1. The summed E-state index contributed by atoms with van der Waals surface area (Å²) in [5.41, 5.74) is 2.07. The zero-order valence-corrected chi connectivity index (χ0v) is 14.5. The van der Waals surface area contributed by atoms with Crippen LogP contribution in [0.2, 0.25) is 0 Å². The van der Waals surface area contributed by atoms with E-state index in [2.05, 4.69) is 15.1 Å². The summed E-state index contributed by atoms with van der Waals surface area (Å²) in [6, 6.07) is 10.0. The highest BCUT2D eigenvalue weighted by atomic mass is 19.3. The van der Waals surface area contributed by atoms with E-state index in [-0.39, 0.29) is 5.69 Å². The Morgan fingerprint density at radius 1 is 1.29 bits per heavy atom. The number of aromatic amines is 1. The van der Waals surface area contributed by atoms with Crippen LogP contribution < -0.4 is 0 Å². The second-order valence-corrected chi connectivity index (χ2v) is 6.54. The van der Waals surface area contributed by atoms with Gasteiger partial charge in [0.25, 0.3) is 5.91 Å². The maximum Gasteiger partial charge on any atom is 0.333 e. The predicted octanol–water partition coefficient (Wildman–Crippen LogP) is 3.54. The van der Waals surface area contributed by atoms with Gasteiger partial charge in [-0.05, 0) is 18.2 Å². The fourth-order valence-corrected chi connectivity index (χ4v) is 3.71. The lowest BCUT2D eigenvalue weighted by Crippen LogP contribution is -2.41. The fraction of sp³-hybridized carbons (Fsp3) is 0.211. The Morgan fingerprint density at radius 3 is 2.96 bits per heavy atom. The van der Waals surface area contributed by atoms with Crippen LogP contribution in [0, 0.1) is 0 Å². The van der Waals surface area contributed by atoms with Gasteiger partial charge < -0.3 is 14.3 Å². The maximum atomic E-state index is 13.2. The molecule has 0 aliphatic carbocycles. The summed E-state index contributed by atoms with van der Waals surface area (Å²) in [5, 5.41) is 4.47. The zero-order valence-electron chi connectivity index (χ0n) is 14.5. The highest BCUT2D eigenvalue weighted by molar-refractivity contribution is 5.93. The van der Waals surface area contributed by atoms with Crippen LogP contribution in [0.1, 0.15) is 40.2 Å². The van der Waals surface area contributed by atoms with Gasteiger partial charge in [-0.1, -0.05) is 18.2 Å². The molecule has 1 N–H and O–H groups in total. The number of halogens is 2. The minimum atomic E-state index is -2.90. The maximum absolute atomic E-state index is 13.2. The average Bonchev–Trinajstić information content (AvgIpc) is 3.44. The molecule has 4 aromatic rings. The van der Waals surface area contributed by atoms with Crippen LogP contribution in [0.3, 0.4) is 0 Å². The molecule has 3 aromatic heterocycles. The topological polar surface area (TPSA) is 80.0 Å². The first-order chi connectivity index (χ1) is 13.6. The first kappa shape index (κ1) is 16.7. The molecule has 0 spiro atoms. The third kappa shape index (κ3) is 2.50. The number of nitrogens with zero attached hydrogens (tertiary/aromatic N) is 4. The van der Waals surface area contributed by atoms with E-state index in [0.717, 1.165) is 11.1 Å². The van der Waals surface area contributed by atoms with E-state index in [1.807, 2.05) is 30.3 Å². The number of fused-ring (bicyclic) bond motifs is 2. The highest BCUT2D eigenvalue weighted by Gasteiger charge is 2.38. The number of hydrogen-bond acceptors (Lipinski definition) is 4. The van der Waals surface area contributed by atoms with Crippen molar-refractivity contribution in [1.82, 2.24) is 24.6 Å². The van der Waals surface area contributed by atoms with Crippen LogP contribution >= 0.6 is 0 Å². The Balaban J connectivity index is 1.62. The van der Waals surface area contributed by atoms with Crippen LogP contribution in [0.4, 0.5) is 8.78 Å². The number of carbonyl (C=O) groups excluding carboxylic acids is 1. The molecule has 0 unspecified atom stereocenters. The van der Waals surface area contributed by atoms with Crippen molar-refractivity contribution in [3.63, 3.8) is 0 Å². The van der Waals surface area contributed by atoms with Gasteiger partial charge in [0, 0.05) is 30.2 Å². The number of furan rings is 1. The second-order valence-electron chi connectivity index (χ2n) is 6.54. The summed E-state index contributed by atoms with van der Waals surface area (Å²) >= 11 is 0. The van der Waals surface area contributed by atoms with Gasteiger partial charge >= 0.3 is 6.55 Å². The van der Waals surface area contributed by atoms with Gasteiger partial charge in [0.1, 0.15) is 23.1 Å². The molecular formula is C19H15F2N5O2. The summed E-state index contributed by atoms with van der Waals surface area (Å²) in [6.07, 6.45) is 3.30. The van der Waals surface area contributed by atoms with Crippen LogP contribution in [-0.2, 0) is 6.42 Å². The van der Waals surface area contributed by atoms with E-state index >= 15 is 0 Å². The molecule has 1 amide bonds. The lowest BCUT2D eigenvalue weighted by atomic mass is 9.99. The molecule has 0 bridgehead atoms. The summed E-state index contributed by atoms with van der Waals surface area (Å²) in [6.45, 7) is -2.56. The third-order valence-electron chi connectivity index (χ3n) is 4.97. The molecule has 5 rings (SSSR count). The molecule has 1 aliphatic rings. The van der Waals surface area contributed by atoms with Gasteiger partial charge in [-0.25, -0.2) is 4.98 Å². The van der Waals surface area contributed by atoms with Crippen LogP contribution in [-0.4, -0.2) is 37.1 Å². The molecule has 4 heterocycles. The minimum Gasteiger partial charge on any atom is -0.458 e. The average molecular weight is 383 g/mol. The van der Waals surface area contributed by atoms with E-state index in [0.29, 0.717) is 34.7 Å². The van der Waals surface area contributed by atoms with Gasteiger partial charge in [-0.15, -0.1) is 0 Å². The third-order valence-corrected chi connectivity index (χ3v) is 4.97. The number of rotatable bonds is 3. The molecule has 1 aromatic carbocycles. The van der Waals surface area contributed by atoms with E-state index in [9.17, 15) is 13.6 Å². The van der Waals surface area contributed by atoms with Crippen molar-refractivity contribution >= 4 is 16.9 Å². The first-order valence-electron chi connectivity index (χ1n) is 8.76. The van der Waals surface area contributed by atoms with E-state index < -0.39 is 18.5 Å². The first-order valence-corrected chi connectivity index (χ1v) is 8.76. The summed E-state index contributed by atoms with van der Waals surface area (Å²) in [7, 11) is 0. The molecule has 9 heteroatoms. The number of alkyl halides is 2. The number of imidazole rings is 1. The molecule has 142 valence electrons. The van der Waals surface area contributed by atoms with E-state index in [1.54, 1.807) is 6.33 Å². The Bertz CT molecular complexity index is 1130. The minimum absolute atomic E-state index is 0.171. The SMILES string of the molecule is O=C(c1ccnn1C(F)F)N1CCc2[nH]cnc2[C@H]1c1cc2ccccc2o1. The Hall–Kier alpha value is -3.49. The van der Waals surface area contributed by atoms with Crippen LogP contribution in [0.25, 0.3) is 11.0 Å². The molecular weight excluding hydrogens is 368 g/mol. The lowest BCUT2D eigenvalue weighted by Gasteiger charge is -2.33. The molecule has 7 nitrogen and oxygen atoms in total. The fourth-order valence-electron chi connectivity index (χ4n) is 3.71. The zero-order chi connectivity index (χ0) is 19.3. The largest absolute Gasteiger partial charge is 0.458 e. The monoisotopic (exact) mass is 383 g/mol. The van der Waals surface area contributed by atoms with Crippen molar-refractivity contribution in [2.45, 2.75) is 19.0 Å². The van der Waals surface area contributed by atoms with Crippen molar-refractivity contribution in [1.29, 1.82) is 0 Å². The van der Waals surface area contributed by atoms with E-state index in [1.165, 1.54) is 17.2 Å². The molecule has 1 aliphatic heterocycles. The number of benzene rings is 1. The number of H-pyrrole nitrogens is 1. The number of carbonyl (C=O) groups is 1. The summed E-state index contributed by atoms with van der Waals surface area (Å²) < 4.78 is 32.9. The van der Waals surface area contributed by atoms with Gasteiger partial charge in [0.15, 0.2) is 0 Å². The molecule has 0 saturated heterocycles. The Morgan fingerprint density at radius 2 is 2.14 bits per heavy atom. The molecule has 0 fully saturated rings. The summed E-state index contributed by atoms with van der Waals surface area (Å²) in [5.74, 6) is -0.0115. The van der Waals surface area contributed by atoms with Crippen molar-refractivity contribution < 1.29 is 18.0 Å². The Kier molecular flexibility index (Phi) is 3.75. The molecule has 28 heavy (non-hydrogen) atoms. The second kappa shape index (κ2) is 6.29. The van der Waals surface area contributed by atoms with Crippen LogP contribution in [0.15, 0.2) is 53.3 Å². The smallest absolute Gasteiger partial charge is 0.333 e. The summed E-state index contributed by atoms with van der Waals surface area (Å²) in [4.78, 5) is 22.1. The number of para-hydroxylation sites is 1. The lowest BCUT2D eigenvalue weighted by molar-refractivity contribution is 0.0436. The van der Waals surface area contributed by atoms with Gasteiger partial charge in [-0.3, -0.25) is 4.79 Å².